The summed E-state index contributed by atoms with van der Waals surface area (Å²) >= 11 is 12.0. The van der Waals surface area contributed by atoms with Crippen molar-refractivity contribution in [2.24, 2.45) is 5.92 Å². The number of halogens is 2. The molecule has 1 fully saturated rings. The number of carbonyl (C=O) groups is 1. The van der Waals surface area contributed by atoms with Crippen molar-refractivity contribution in [2.75, 3.05) is 13.1 Å². The molecular weight excluding hydrogens is 395 g/mol. The van der Waals surface area contributed by atoms with Crippen molar-refractivity contribution in [2.45, 2.75) is 19.3 Å². The Hall–Kier alpha value is -2.30. The van der Waals surface area contributed by atoms with E-state index < -0.39 is 0 Å². The monoisotopic (exact) mass is 414 g/mol. The maximum absolute atomic E-state index is 12.8. The van der Waals surface area contributed by atoms with Gasteiger partial charge >= 0.3 is 0 Å². The van der Waals surface area contributed by atoms with Crippen LogP contribution in [0.5, 0.6) is 0 Å². The Morgan fingerprint density at radius 2 is 1.82 bits per heavy atom. The Labute approximate surface area is 174 Å². The minimum atomic E-state index is -0.0896. The first kappa shape index (κ1) is 19.0. The molecule has 0 radical (unpaired) electrons. The number of piperidine rings is 1. The van der Waals surface area contributed by atoms with E-state index in [1.165, 1.54) is 11.8 Å². The topological polar surface area (TPSA) is 46.3 Å². The van der Waals surface area contributed by atoms with E-state index in [1.807, 2.05) is 11.0 Å². The predicted octanol–water partition coefficient (Wildman–Crippen LogP) is 5.74. The van der Waals surface area contributed by atoms with Gasteiger partial charge in [0.05, 0.1) is 10.0 Å². The summed E-state index contributed by atoms with van der Waals surface area (Å²) in [4.78, 5) is 19.0. The molecule has 0 aliphatic carbocycles. The third-order valence-electron chi connectivity index (χ3n) is 5.16. The standard InChI is InChI=1S/C22H20Cl2N2O2/c23-18-7-6-17(13-19(18)24)21-25-20(14-28-21)22(27)26-10-8-16(9-11-26)12-15-4-2-1-3-5-15/h1-7,13-14,16H,8-12H2. The molecule has 1 aliphatic heterocycles. The number of aromatic nitrogens is 1. The first-order valence-corrected chi connectivity index (χ1v) is 10.1. The van der Waals surface area contributed by atoms with Crippen molar-refractivity contribution >= 4 is 29.1 Å². The fraction of sp³-hybridized carbons (Fsp3) is 0.273. The zero-order valence-electron chi connectivity index (χ0n) is 15.3. The van der Waals surface area contributed by atoms with Crippen molar-refractivity contribution in [3.05, 3.63) is 76.1 Å². The van der Waals surface area contributed by atoms with Crippen molar-refractivity contribution in [1.29, 1.82) is 0 Å². The molecule has 0 saturated carbocycles. The lowest BCUT2D eigenvalue weighted by atomic mass is 9.90. The Morgan fingerprint density at radius 3 is 2.54 bits per heavy atom. The maximum atomic E-state index is 12.8. The molecule has 2 heterocycles. The lowest BCUT2D eigenvalue weighted by molar-refractivity contribution is 0.0684. The van der Waals surface area contributed by atoms with Crippen molar-refractivity contribution in [3.8, 4) is 11.5 Å². The minimum Gasteiger partial charge on any atom is -0.444 e. The SMILES string of the molecule is O=C(c1coc(-c2ccc(Cl)c(Cl)c2)n1)N1CCC(Cc2ccccc2)CC1. The Bertz CT molecular complexity index is 964. The van der Waals surface area contributed by atoms with Crippen LogP contribution in [-0.2, 0) is 6.42 Å². The summed E-state index contributed by atoms with van der Waals surface area (Å²) in [6.45, 7) is 1.48. The van der Waals surface area contributed by atoms with Gasteiger partial charge in [0.1, 0.15) is 6.26 Å². The molecule has 144 valence electrons. The van der Waals surface area contributed by atoms with E-state index in [4.69, 9.17) is 27.6 Å². The third kappa shape index (κ3) is 4.23. The first-order valence-electron chi connectivity index (χ1n) is 9.34. The number of oxazole rings is 1. The largest absolute Gasteiger partial charge is 0.444 e. The number of amides is 1. The van der Waals surface area contributed by atoms with Gasteiger partial charge in [-0.25, -0.2) is 4.98 Å². The Kier molecular flexibility index (Phi) is 5.69. The van der Waals surface area contributed by atoms with Crippen LogP contribution < -0.4 is 0 Å². The number of hydrogen-bond donors (Lipinski definition) is 0. The summed E-state index contributed by atoms with van der Waals surface area (Å²) in [5, 5.41) is 0.886. The summed E-state index contributed by atoms with van der Waals surface area (Å²) in [6, 6.07) is 15.6. The van der Waals surface area contributed by atoms with E-state index in [-0.39, 0.29) is 5.91 Å². The highest BCUT2D eigenvalue weighted by Gasteiger charge is 2.26. The molecule has 2 aromatic carbocycles. The van der Waals surface area contributed by atoms with Crippen LogP contribution in [0.1, 0.15) is 28.9 Å². The predicted molar refractivity (Wildman–Crippen MR) is 111 cm³/mol. The number of rotatable bonds is 4. The van der Waals surface area contributed by atoms with E-state index in [0.717, 1.165) is 32.4 Å². The van der Waals surface area contributed by atoms with Crippen LogP contribution in [0.3, 0.4) is 0 Å². The molecule has 3 aromatic rings. The summed E-state index contributed by atoms with van der Waals surface area (Å²) in [5.41, 5.74) is 2.37. The fourth-order valence-electron chi connectivity index (χ4n) is 3.58. The highest BCUT2D eigenvalue weighted by Crippen LogP contribution is 2.29. The number of hydrogen-bond acceptors (Lipinski definition) is 3. The molecule has 0 unspecified atom stereocenters. The second-order valence-corrected chi connectivity index (χ2v) is 7.91. The average molecular weight is 415 g/mol. The average Bonchev–Trinajstić information content (AvgIpc) is 3.21. The molecule has 0 spiro atoms. The molecule has 28 heavy (non-hydrogen) atoms. The molecular formula is C22H20Cl2N2O2. The van der Waals surface area contributed by atoms with Crippen LogP contribution in [0.15, 0.2) is 59.2 Å². The zero-order chi connectivity index (χ0) is 19.5. The van der Waals surface area contributed by atoms with Gasteiger partial charge in [-0.05, 0) is 48.9 Å². The molecule has 1 aromatic heterocycles. The molecule has 0 atom stereocenters. The molecule has 4 nitrogen and oxygen atoms in total. The van der Waals surface area contributed by atoms with Gasteiger partial charge < -0.3 is 9.32 Å². The van der Waals surface area contributed by atoms with Gasteiger partial charge in [-0.15, -0.1) is 0 Å². The van der Waals surface area contributed by atoms with Gasteiger partial charge in [0.15, 0.2) is 5.69 Å². The van der Waals surface area contributed by atoms with Crippen LogP contribution in [0.4, 0.5) is 0 Å². The smallest absolute Gasteiger partial charge is 0.275 e. The lowest BCUT2D eigenvalue weighted by Crippen LogP contribution is -2.39. The quantitative estimate of drug-likeness (QED) is 0.546. The van der Waals surface area contributed by atoms with E-state index in [9.17, 15) is 4.79 Å². The molecule has 1 amide bonds. The van der Waals surface area contributed by atoms with Crippen molar-refractivity contribution in [3.63, 3.8) is 0 Å². The van der Waals surface area contributed by atoms with Crippen molar-refractivity contribution < 1.29 is 9.21 Å². The van der Waals surface area contributed by atoms with E-state index in [2.05, 4.69) is 29.2 Å². The molecule has 0 N–H and O–H groups in total. The van der Waals surface area contributed by atoms with Crippen LogP contribution in [0.2, 0.25) is 10.0 Å². The highest BCUT2D eigenvalue weighted by molar-refractivity contribution is 6.42. The lowest BCUT2D eigenvalue weighted by Gasteiger charge is -2.31. The van der Waals surface area contributed by atoms with Crippen LogP contribution >= 0.6 is 23.2 Å². The number of carbonyl (C=O) groups excluding carboxylic acids is 1. The van der Waals surface area contributed by atoms with E-state index >= 15 is 0 Å². The number of benzene rings is 2. The van der Waals surface area contributed by atoms with E-state index in [0.29, 0.717) is 33.1 Å². The molecule has 1 aliphatic rings. The van der Waals surface area contributed by atoms with E-state index in [1.54, 1.807) is 18.2 Å². The number of nitrogens with zero attached hydrogens (tertiary/aromatic N) is 2. The Balaban J connectivity index is 1.38. The Morgan fingerprint density at radius 1 is 1.07 bits per heavy atom. The molecule has 6 heteroatoms. The van der Waals surface area contributed by atoms with Crippen LogP contribution in [0.25, 0.3) is 11.5 Å². The second kappa shape index (κ2) is 8.38. The van der Waals surface area contributed by atoms with Gasteiger partial charge in [0.2, 0.25) is 5.89 Å². The summed E-state index contributed by atoms with van der Waals surface area (Å²) in [7, 11) is 0. The van der Waals surface area contributed by atoms with Gasteiger partial charge in [-0.3, -0.25) is 4.79 Å². The van der Waals surface area contributed by atoms with Gasteiger partial charge in [-0.1, -0.05) is 53.5 Å². The summed E-state index contributed by atoms with van der Waals surface area (Å²) in [5.74, 6) is 0.879. The zero-order valence-corrected chi connectivity index (χ0v) is 16.8. The minimum absolute atomic E-state index is 0.0896. The molecule has 0 bridgehead atoms. The third-order valence-corrected chi connectivity index (χ3v) is 5.90. The summed E-state index contributed by atoms with van der Waals surface area (Å²) in [6.07, 6.45) is 4.47. The number of likely N-dealkylation sites (tertiary alicyclic amines) is 1. The first-order chi connectivity index (χ1) is 13.6. The van der Waals surface area contributed by atoms with Gasteiger partial charge in [-0.2, -0.15) is 0 Å². The summed E-state index contributed by atoms with van der Waals surface area (Å²) < 4.78 is 5.50. The van der Waals surface area contributed by atoms with Crippen LogP contribution in [-0.4, -0.2) is 28.9 Å². The van der Waals surface area contributed by atoms with Crippen molar-refractivity contribution in [1.82, 2.24) is 9.88 Å². The highest BCUT2D eigenvalue weighted by atomic mass is 35.5. The maximum Gasteiger partial charge on any atom is 0.275 e. The molecule has 1 saturated heterocycles. The van der Waals surface area contributed by atoms with Gasteiger partial charge in [0.25, 0.3) is 5.91 Å². The van der Waals surface area contributed by atoms with Crippen LogP contribution in [0, 0.1) is 5.92 Å². The normalized spacial score (nSPS) is 15.0. The fourth-order valence-corrected chi connectivity index (χ4v) is 3.88. The second-order valence-electron chi connectivity index (χ2n) is 7.09. The molecule has 4 rings (SSSR count). The van der Waals surface area contributed by atoms with Gasteiger partial charge in [0, 0.05) is 18.7 Å².